The van der Waals surface area contributed by atoms with E-state index in [1.807, 2.05) is 0 Å². The first-order chi connectivity index (χ1) is 8.08. The zero-order valence-corrected chi connectivity index (χ0v) is 11.3. The minimum absolute atomic E-state index is 0.403. The second-order valence-electron chi connectivity index (χ2n) is 3.37. The fraction of sp³-hybridized carbons (Fsp3) is 0.0909. The number of nitrogens with two attached hydrogens (primary N) is 1. The Morgan fingerprint density at radius 3 is 2.82 bits per heavy atom. The number of rotatable bonds is 2. The first-order valence-corrected chi connectivity index (χ1v) is 5.95. The Kier molecular flexibility index (Phi) is 3.49. The number of halogens is 2. The van der Waals surface area contributed by atoms with Crippen molar-refractivity contribution in [3.63, 3.8) is 0 Å². The van der Waals surface area contributed by atoms with Crippen molar-refractivity contribution in [2.24, 2.45) is 0 Å². The van der Waals surface area contributed by atoms with E-state index in [9.17, 15) is 0 Å². The first kappa shape index (κ1) is 12.1. The summed E-state index contributed by atoms with van der Waals surface area (Å²) in [5.41, 5.74) is 6.38. The zero-order chi connectivity index (χ0) is 12.4. The highest BCUT2D eigenvalue weighted by molar-refractivity contribution is 9.10. The summed E-state index contributed by atoms with van der Waals surface area (Å²) < 4.78 is 6.39. The van der Waals surface area contributed by atoms with Crippen LogP contribution in [0.4, 0.5) is 5.82 Å². The average molecular weight is 315 g/mol. The van der Waals surface area contributed by atoms with Gasteiger partial charge in [0.2, 0.25) is 5.88 Å². The van der Waals surface area contributed by atoms with Gasteiger partial charge >= 0.3 is 0 Å². The van der Waals surface area contributed by atoms with Gasteiger partial charge in [0.15, 0.2) is 0 Å². The molecule has 0 fully saturated rings. The van der Waals surface area contributed by atoms with Crippen molar-refractivity contribution in [1.29, 1.82) is 0 Å². The molecule has 0 saturated carbocycles. The van der Waals surface area contributed by atoms with E-state index in [1.54, 1.807) is 25.1 Å². The second-order valence-corrected chi connectivity index (χ2v) is 4.66. The van der Waals surface area contributed by atoms with Crippen LogP contribution in [0.2, 0.25) is 5.02 Å². The van der Waals surface area contributed by atoms with E-state index in [0.717, 1.165) is 4.47 Å². The quantitative estimate of drug-likeness (QED) is 0.920. The Hall–Kier alpha value is -1.33. The van der Waals surface area contributed by atoms with Crippen molar-refractivity contribution < 1.29 is 4.74 Å². The summed E-state index contributed by atoms with van der Waals surface area (Å²) in [7, 11) is 0. The van der Waals surface area contributed by atoms with E-state index >= 15 is 0 Å². The SMILES string of the molecule is Cc1c(N)ncnc1Oc1ccc(Cl)cc1Br. The molecule has 0 bridgehead atoms. The van der Waals surface area contributed by atoms with Crippen molar-refractivity contribution in [1.82, 2.24) is 9.97 Å². The van der Waals surface area contributed by atoms with Crippen LogP contribution in [0.25, 0.3) is 0 Å². The van der Waals surface area contributed by atoms with Crippen LogP contribution in [0.3, 0.4) is 0 Å². The van der Waals surface area contributed by atoms with E-state index in [1.165, 1.54) is 6.33 Å². The van der Waals surface area contributed by atoms with Crippen LogP contribution in [0.15, 0.2) is 29.0 Å². The van der Waals surface area contributed by atoms with Gasteiger partial charge in [-0.1, -0.05) is 11.6 Å². The van der Waals surface area contributed by atoms with Crippen molar-refractivity contribution >= 4 is 33.3 Å². The van der Waals surface area contributed by atoms with Crippen LogP contribution in [0, 0.1) is 6.92 Å². The predicted octanol–water partition coefficient (Wildman–Crippen LogP) is 3.58. The van der Waals surface area contributed by atoms with Crippen molar-refractivity contribution in [3.05, 3.63) is 39.6 Å². The first-order valence-electron chi connectivity index (χ1n) is 4.78. The van der Waals surface area contributed by atoms with E-state index < -0.39 is 0 Å². The maximum atomic E-state index is 5.85. The Morgan fingerprint density at radius 1 is 1.35 bits per heavy atom. The van der Waals surface area contributed by atoms with Crippen LogP contribution in [-0.4, -0.2) is 9.97 Å². The van der Waals surface area contributed by atoms with E-state index in [2.05, 4.69) is 25.9 Å². The maximum Gasteiger partial charge on any atom is 0.227 e. The van der Waals surface area contributed by atoms with Gasteiger partial charge in [0.25, 0.3) is 0 Å². The fourth-order valence-corrected chi connectivity index (χ4v) is 1.98. The monoisotopic (exact) mass is 313 g/mol. The number of ether oxygens (including phenoxy) is 1. The topological polar surface area (TPSA) is 61.0 Å². The Labute approximate surface area is 112 Å². The molecule has 6 heteroatoms. The lowest BCUT2D eigenvalue weighted by Crippen LogP contribution is -1.99. The number of aromatic nitrogens is 2. The Balaban J connectivity index is 2.35. The van der Waals surface area contributed by atoms with Crippen molar-refractivity contribution in [2.45, 2.75) is 6.92 Å². The molecular weight excluding hydrogens is 305 g/mol. The molecular formula is C11H9BrClN3O. The number of hydrogen-bond donors (Lipinski definition) is 1. The maximum absolute atomic E-state index is 5.85. The van der Waals surface area contributed by atoms with Gasteiger partial charge in [0.1, 0.15) is 17.9 Å². The molecule has 0 aliphatic carbocycles. The molecule has 2 rings (SSSR count). The molecule has 0 radical (unpaired) electrons. The number of benzene rings is 1. The molecule has 4 nitrogen and oxygen atoms in total. The molecule has 0 atom stereocenters. The molecule has 0 aliphatic heterocycles. The normalized spacial score (nSPS) is 10.3. The van der Waals surface area contributed by atoms with E-state index in [4.69, 9.17) is 22.1 Å². The molecule has 17 heavy (non-hydrogen) atoms. The zero-order valence-electron chi connectivity index (χ0n) is 8.95. The largest absolute Gasteiger partial charge is 0.437 e. The van der Waals surface area contributed by atoms with E-state index in [-0.39, 0.29) is 0 Å². The second kappa shape index (κ2) is 4.89. The third kappa shape index (κ3) is 2.68. The molecule has 0 amide bonds. The predicted molar refractivity (Wildman–Crippen MR) is 70.4 cm³/mol. The Bertz CT molecular complexity index is 562. The van der Waals surface area contributed by atoms with Crippen LogP contribution >= 0.6 is 27.5 Å². The van der Waals surface area contributed by atoms with Crippen LogP contribution in [-0.2, 0) is 0 Å². The van der Waals surface area contributed by atoms with Crippen LogP contribution in [0.5, 0.6) is 11.6 Å². The lowest BCUT2D eigenvalue weighted by molar-refractivity contribution is 0.455. The minimum atomic E-state index is 0.403. The smallest absolute Gasteiger partial charge is 0.227 e. The van der Waals surface area contributed by atoms with Gasteiger partial charge in [-0.2, -0.15) is 0 Å². The highest BCUT2D eigenvalue weighted by Gasteiger charge is 2.09. The van der Waals surface area contributed by atoms with Crippen LogP contribution in [0.1, 0.15) is 5.56 Å². The van der Waals surface area contributed by atoms with Gasteiger partial charge in [-0.05, 0) is 41.1 Å². The molecule has 2 aromatic rings. The molecule has 0 saturated heterocycles. The molecule has 2 N–H and O–H groups in total. The third-order valence-corrected chi connectivity index (χ3v) is 3.03. The standard InChI is InChI=1S/C11H9BrClN3O/c1-6-10(14)15-5-16-11(6)17-9-3-2-7(13)4-8(9)12/h2-5H,1H3,(H2,14,15,16). The average Bonchev–Trinajstić information content (AvgIpc) is 2.28. The summed E-state index contributed by atoms with van der Waals surface area (Å²) in [6, 6.07) is 5.24. The van der Waals surface area contributed by atoms with Gasteiger partial charge in [-0.25, -0.2) is 9.97 Å². The fourth-order valence-electron chi connectivity index (χ4n) is 1.21. The lowest BCUT2D eigenvalue weighted by atomic mass is 10.3. The summed E-state index contributed by atoms with van der Waals surface area (Å²) in [5.74, 6) is 1.45. The summed E-state index contributed by atoms with van der Waals surface area (Å²) in [6.45, 7) is 1.80. The third-order valence-electron chi connectivity index (χ3n) is 2.18. The number of hydrogen-bond acceptors (Lipinski definition) is 4. The van der Waals surface area contributed by atoms with E-state index in [0.29, 0.717) is 28.0 Å². The summed E-state index contributed by atoms with van der Waals surface area (Å²) >= 11 is 9.21. The molecule has 0 unspecified atom stereocenters. The summed E-state index contributed by atoms with van der Waals surface area (Å²) in [5, 5.41) is 0.628. The molecule has 1 aromatic heterocycles. The molecule has 0 spiro atoms. The molecule has 1 aromatic carbocycles. The number of nitrogens with zero attached hydrogens (tertiary/aromatic N) is 2. The number of anilines is 1. The molecule has 0 aliphatic rings. The van der Waals surface area contributed by atoms with Crippen molar-refractivity contribution in [2.75, 3.05) is 5.73 Å². The molecule has 88 valence electrons. The Morgan fingerprint density at radius 2 is 2.12 bits per heavy atom. The minimum Gasteiger partial charge on any atom is -0.437 e. The summed E-state index contributed by atoms with van der Waals surface area (Å²) in [4.78, 5) is 7.90. The highest BCUT2D eigenvalue weighted by atomic mass is 79.9. The lowest BCUT2D eigenvalue weighted by Gasteiger charge is -2.09. The van der Waals surface area contributed by atoms with Crippen LogP contribution < -0.4 is 10.5 Å². The van der Waals surface area contributed by atoms with Gasteiger partial charge in [-0.15, -0.1) is 0 Å². The van der Waals surface area contributed by atoms with Gasteiger partial charge < -0.3 is 10.5 Å². The van der Waals surface area contributed by atoms with Gasteiger partial charge in [0, 0.05) is 5.02 Å². The van der Waals surface area contributed by atoms with Crippen molar-refractivity contribution in [3.8, 4) is 11.6 Å². The highest BCUT2D eigenvalue weighted by Crippen LogP contribution is 2.32. The molecule has 1 heterocycles. The van der Waals surface area contributed by atoms with Gasteiger partial charge in [-0.3, -0.25) is 0 Å². The summed E-state index contributed by atoms with van der Waals surface area (Å²) in [6.07, 6.45) is 1.36. The van der Waals surface area contributed by atoms with Gasteiger partial charge in [0.05, 0.1) is 10.0 Å². The number of nitrogen functional groups attached to an aromatic ring is 1.